The minimum atomic E-state index is -0.299. The van der Waals surface area contributed by atoms with E-state index in [1.54, 1.807) is 19.1 Å². The first-order valence-corrected chi connectivity index (χ1v) is 9.50. The largest absolute Gasteiger partial charge is 0.439 e. The second-order valence-corrected chi connectivity index (χ2v) is 8.33. The summed E-state index contributed by atoms with van der Waals surface area (Å²) >= 11 is 0. The molecule has 0 spiro atoms. The number of ether oxygens (including phenoxy) is 1. The Morgan fingerprint density at radius 2 is 1.86 bits per heavy atom. The van der Waals surface area contributed by atoms with Gasteiger partial charge in [-0.3, -0.25) is 4.79 Å². The summed E-state index contributed by atoms with van der Waals surface area (Å²) in [5.74, 6) is 1.63. The smallest absolute Gasteiger partial charge is 0.224 e. The average molecular weight is 386 g/mol. The van der Waals surface area contributed by atoms with E-state index in [1.165, 1.54) is 18.5 Å². The minimum absolute atomic E-state index is 0.00834. The summed E-state index contributed by atoms with van der Waals surface area (Å²) in [6.45, 7) is 10.8. The van der Waals surface area contributed by atoms with E-state index in [2.05, 4.69) is 35.6 Å². The van der Waals surface area contributed by atoms with Crippen molar-refractivity contribution in [1.29, 1.82) is 0 Å². The van der Waals surface area contributed by atoms with Gasteiger partial charge in [0.1, 0.15) is 23.7 Å². The molecule has 1 fully saturated rings. The molecule has 3 rings (SSSR count). The van der Waals surface area contributed by atoms with Crippen LogP contribution in [0, 0.1) is 18.2 Å². The monoisotopic (exact) mass is 386 g/mol. The van der Waals surface area contributed by atoms with Gasteiger partial charge in [0.05, 0.1) is 0 Å². The van der Waals surface area contributed by atoms with Gasteiger partial charge >= 0.3 is 0 Å². The summed E-state index contributed by atoms with van der Waals surface area (Å²) in [4.78, 5) is 24.9. The summed E-state index contributed by atoms with van der Waals surface area (Å²) in [6.07, 6.45) is 2.01. The molecule has 1 amide bonds. The van der Waals surface area contributed by atoms with Gasteiger partial charge in [0.25, 0.3) is 0 Å². The van der Waals surface area contributed by atoms with Crippen molar-refractivity contribution in [3.8, 4) is 11.6 Å². The Bertz CT molecular complexity index is 843. The van der Waals surface area contributed by atoms with Crippen LogP contribution >= 0.6 is 0 Å². The van der Waals surface area contributed by atoms with Crippen LogP contribution in [0.3, 0.4) is 0 Å². The number of carbonyl (C=O) groups excluding carboxylic acids is 1. The van der Waals surface area contributed by atoms with Crippen LogP contribution < -0.4 is 9.64 Å². The molecule has 0 atom stereocenters. The van der Waals surface area contributed by atoms with Gasteiger partial charge in [0, 0.05) is 38.7 Å². The van der Waals surface area contributed by atoms with Crippen molar-refractivity contribution in [2.45, 2.75) is 34.1 Å². The Morgan fingerprint density at radius 3 is 2.50 bits per heavy atom. The second-order valence-electron chi connectivity index (χ2n) is 8.33. The van der Waals surface area contributed by atoms with Gasteiger partial charge in [-0.2, -0.15) is 0 Å². The van der Waals surface area contributed by atoms with Gasteiger partial charge in [-0.15, -0.1) is 0 Å². The topological polar surface area (TPSA) is 58.6 Å². The first-order chi connectivity index (χ1) is 13.2. The van der Waals surface area contributed by atoms with Crippen LogP contribution in [0.5, 0.6) is 11.6 Å². The van der Waals surface area contributed by atoms with Crippen molar-refractivity contribution < 1.29 is 13.9 Å². The standard InChI is InChI=1S/C21H27FN4O2/c1-15-11-16(22)5-6-17(15)28-19-12-18(23-14-24-19)25-7-9-26(10-8-25)20(27)13-21(2,3)4/h5-6,11-12,14H,7-10,13H2,1-4H3. The van der Waals surface area contributed by atoms with E-state index in [4.69, 9.17) is 4.74 Å². The number of halogens is 1. The van der Waals surface area contributed by atoms with Crippen LogP contribution in [-0.4, -0.2) is 47.0 Å². The Hall–Kier alpha value is -2.70. The van der Waals surface area contributed by atoms with Crippen molar-refractivity contribution in [3.05, 3.63) is 42.0 Å². The van der Waals surface area contributed by atoms with Gasteiger partial charge in [-0.1, -0.05) is 20.8 Å². The maximum Gasteiger partial charge on any atom is 0.224 e. The van der Waals surface area contributed by atoms with Crippen molar-refractivity contribution >= 4 is 11.7 Å². The molecule has 0 radical (unpaired) electrons. The Labute approximate surface area is 165 Å². The van der Waals surface area contributed by atoms with Crippen molar-refractivity contribution in [2.24, 2.45) is 5.41 Å². The number of rotatable bonds is 4. The highest BCUT2D eigenvalue weighted by Gasteiger charge is 2.25. The molecule has 1 aromatic heterocycles. The zero-order valence-electron chi connectivity index (χ0n) is 16.9. The lowest BCUT2D eigenvalue weighted by Gasteiger charge is -2.36. The predicted molar refractivity (Wildman–Crippen MR) is 106 cm³/mol. The first-order valence-electron chi connectivity index (χ1n) is 9.50. The molecule has 2 heterocycles. The Balaban J connectivity index is 1.63. The third-order valence-corrected chi connectivity index (χ3v) is 4.62. The summed E-state index contributed by atoms with van der Waals surface area (Å²) in [6, 6.07) is 6.14. The lowest BCUT2D eigenvalue weighted by molar-refractivity contribution is -0.133. The highest BCUT2D eigenvalue weighted by molar-refractivity contribution is 5.77. The first kappa shape index (κ1) is 20.0. The SMILES string of the molecule is Cc1cc(F)ccc1Oc1cc(N2CCN(C(=O)CC(C)(C)C)CC2)ncn1. The maximum atomic E-state index is 13.3. The number of aryl methyl sites for hydroxylation is 1. The number of hydrogen-bond donors (Lipinski definition) is 0. The fourth-order valence-electron chi connectivity index (χ4n) is 3.15. The number of amides is 1. The quantitative estimate of drug-likeness (QED) is 0.800. The normalized spacial score (nSPS) is 14.9. The second kappa shape index (κ2) is 8.12. The number of nitrogens with zero attached hydrogens (tertiary/aromatic N) is 4. The summed E-state index contributed by atoms with van der Waals surface area (Å²) < 4.78 is 19.1. The van der Waals surface area contributed by atoms with Crippen molar-refractivity contribution in [1.82, 2.24) is 14.9 Å². The molecule has 2 aromatic rings. The van der Waals surface area contributed by atoms with Crippen LogP contribution in [0.25, 0.3) is 0 Å². The molecule has 6 nitrogen and oxygen atoms in total. The number of aromatic nitrogens is 2. The van der Waals surface area contributed by atoms with E-state index in [-0.39, 0.29) is 17.1 Å². The van der Waals surface area contributed by atoms with Crippen molar-refractivity contribution in [3.63, 3.8) is 0 Å². The average Bonchev–Trinajstić information content (AvgIpc) is 2.63. The zero-order valence-corrected chi connectivity index (χ0v) is 16.9. The number of carbonyl (C=O) groups is 1. The molecule has 28 heavy (non-hydrogen) atoms. The number of hydrogen-bond acceptors (Lipinski definition) is 5. The molecule has 7 heteroatoms. The maximum absolute atomic E-state index is 13.3. The Morgan fingerprint density at radius 1 is 1.14 bits per heavy atom. The van der Waals surface area contributed by atoms with Gasteiger partial charge < -0.3 is 14.5 Å². The van der Waals surface area contributed by atoms with E-state index < -0.39 is 0 Å². The fraction of sp³-hybridized carbons (Fsp3) is 0.476. The van der Waals surface area contributed by atoms with Crippen LogP contribution in [0.4, 0.5) is 10.2 Å². The van der Waals surface area contributed by atoms with Crippen LogP contribution in [-0.2, 0) is 4.79 Å². The Kier molecular flexibility index (Phi) is 5.82. The summed E-state index contributed by atoms with van der Waals surface area (Å²) in [7, 11) is 0. The van der Waals surface area contributed by atoms with Crippen LogP contribution in [0.15, 0.2) is 30.6 Å². The van der Waals surface area contributed by atoms with E-state index in [9.17, 15) is 9.18 Å². The summed E-state index contributed by atoms with van der Waals surface area (Å²) in [5, 5.41) is 0. The van der Waals surface area contributed by atoms with Gasteiger partial charge in [-0.05, 0) is 36.1 Å². The lowest BCUT2D eigenvalue weighted by atomic mass is 9.91. The molecule has 1 aromatic carbocycles. The molecular weight excluding hydrogens is 359 g/mol. The predicted octanol–water partition coefficient (Wildman–Crippen LogP) is 3.80. The van der Waals surface area contributed by atoms with Gasteiger partial charge in [0.2, 0.25) is 11.8 Å². The molecule has 0 aliphatic carbocycles. The number of benzene rings is 1. The molecule has 0 N–H and O–H groups in total. The van der Waals surface area contributed by atoms with Crippen LogP contribution in [0.2, 0.25) is 0 Å². The molecule has 0 bridgehead atoms. The van der Waals surface area contributed by atoms with E-state index >= 15 is 0 Å². The lowest BCUT2D eigenvalue weighted by Crippen LogP contribution is -2.49. The third-order valence-electron chi connectivity index (χ3n) is 4.62. The third kappa shape index (κ3) is 5.18. The molecule has 1 aliphatic heterocycles. The molecule has 1 aliphatic rings. The fourth-order valence-corrected chi connectivity index (χ4v) is 3.15. The number of anilines is 1. The van der Waals surface area contributed by atoms with E-state index in [1.807, 2.05) is 4.90 Å². The molecule has 150 valence electrons. The highest BCUT2D eigenvalue weighted by atomic mass is 19.1. The van der Waals surface area contributed by atoms with E-state index in [0.717, 1.165) is 5.82 Å². The zero-order chi connectivity index (χ0) is 20.3. The minimum Gasteiger partial charge on any atom is -0.439 e. The van der Waals surface area contributed by atoms with Gasteiger partial charge in [-0.25, -0.2) is 14.4 Å². The highest BCUT2D eigenvalue weighted by Crippen LogP contribution is 2.26. The van der Waals surface area contributed by atoms with E-state index in [0.29, 0.717) is 49.8 Å². The molecule has 1 saturated heterocycles. The van der Waals surface area contributed by atoms with Gasteiger partial charge in [0.15, 0.2) is 0 Å². The van der Waals surface area contributed by atoms with Crippen molar-refractivity contribution in [2.75, 3.05) is 31.1 Å². The summed E-state index contributed by atoms with van der Waals surface area (Å²) in [5.41, 5.74) is 0.692. The molecule has 0 saturated carbocycles. The number of piperazine rings is 1. The molecule has 0 unspecified atom stereocenters. The molecular formula is C21H27FN4O2. The van der Waals surface area contributed by atoms with Crippen LogP contribution in [0.1, 0.15) is 32.8 Å².